The molecule has 5 rings (SSSR count). The average Bonchev–Trinajstić information content (AvgIpc) is 3.13. The first-order valence-corrected chi connectivity index (χ1v) is 11.7. The molecule has 0 amide bonds. The fourth-order valence-corrected chi connectivity index (χ4v) is 5.46. The van der Waals surface area contributed by atoms with E-state index in [1.54, 1.807) is 0 Å². The fourth-order valence-electron chi connectivity index (χ4n) is 4.56. The number of benzene rings is 2. The summed E-state index contributed by atoms with van der Waals surface area (Å²) >= 11 is 1.51. The van der Waals surface area contributed by atoms with Gasteiger partial charge in [0.15, 0.2) is 0 Å². The number of thioether (sulfide) groups is 1. The molecule has 4 aromatic rings. The van der Waals surface area contributed by atoms with Crippen molar-refractivity contribution in [1.82, 2.24) is 9.55 Å². The van der Waals surface area contributed by atoms with Crippen LogP contribution in [-0.4, -0.2) is 21.2 Å². The third-order valence-electron chi connectivity index (χ3n) is 6.10. The van der Waals surface area contributed by atoms with Gasteiger partial charge in [0.1, 0.15) is 11.1 Å². The van der Waals surface area contributed by atoms with Crippen LogP contribution in [0.3, 0.4) is 0 Å². The molecule has 1 atom stereocenters. The van der Waals surface area contributed by atoms with E-state index >= 15 is 0 Å². The monoisotopic (exact) mass is 425 g/mol. The van der Waals surface area contributed by atoms with Gasteiger partial charge < -0.3 is 0 Å². The molecule has 0 radical (unpaired) electrons. The van der Waals surface area contributed by atoms with Crippen molar-refractivity contribution in [3.8, 4) is 6.07 Å². The zero-order valence-corrected chi connectivity index (χ0v) is 18.3. The van der Waals surface area contributed by atoms with Crippen molar-refractivity contribution in [3.63, 3.8) is 0 Å². The summed E-state index contributed by atoms with van der Waals surface area (Å²) in [6.07, 6.45) is 3.49. The van der Waals surface area contributed by atoms with Crippen molar-refractivity contribution in [2.75, 3.05) is 5.75 Å². The van der Waals surface area contributed by atoms with Crippen molar-refractivity contribution in [1.29, 1.82) is 5.26 Å². The van der Waals surface area contributed by atoms with Gasteiger partial charge in [-0.05, 0) is 48.9 Å². The van der Waals surface area contributed by atoms with Gasteiger partial charge in [-0.1, -0.05) is 43.3 Å². The highest BCUT2D eigenvalue weighted by Gasteiger charge is 2.20. The minimum absolute atomic E-state index is 0.0650. The highest BCUT2D eigenvalue weighted by molar-refractivity contribution is 7.99. The van der Waals surface area contributed by atoms with Gasteiger partial charge in [0.05, 0.1) is 16.6 Å². The van der Waals surface area contributed by atoms with Crippen molar-refractivity contribution in [3.05, 3.63) is 71.4 Å². The molecule has 154 valence electrons. The zero-order valence-electron chi connectivity index (χ0n) is 17.5. The number of nitriles is 1. The molecule has 1 unspecified atom stereocenters. The number of para-hydroxylation sites is 2. The van der Waals surface area contributed by atoms with Gasteiger partial charge in [-0.2, -0.15) is 5.26 Å². The van der Waals surface area contributed by atoms with Crippen molar-refractivity contribution in [2.45, 2.75) is 37.6 Å². The van der Waals surface area contributed by atoms with E-state index < -0.39 is 0 Å². The number of hydrogen-bond donors (Lipinski definition) is 0. The maximum Gasteiger partial charge on any atom is 0.232 e. The molecule has 1 aliphatic carbocycles. The molecule has 31 heavy (non-hydrogen) atoms. The summed E-state index contributed by atoms with van der Waals surface area (Å²) in [5.74, 6) is 1.30. The molecule has 0 aliphatic heterocycles. The Labute approximate surface area is 185 Å². The predicted octanol–water partition coefficient (Wildman–Crippen LogP) is 6.01. The van der Waals surface area contributed by atoms with Gasteiger partial charge in [0.2, 0.25) is 5.91 Å². The molecule has 5 heteroatoms. The van der Waals surface area contributed by atoms with E-state index in [1.165, 1.54) is 17.3 Å². The van der Waals surface area contributed by atoms with E-state index in [1.807, 2.05) is 47.0 Å². The Morgan fingerprint density at radius 2 is 1.84 bits per heavy atom. The van der Waals surface area contributed by atoms with Crippen LogP contribution in [0.4, 0.5) is 0 Å². The zero-order chi connectivity index (χ0) is 21.4. The highest BCUT2D eigenvalue weighted by atomic mass is 32.2. The van der Waals surface area contributed by atoms with E-state index in [4.69, 9.17) is 4.98 Å². The lowest BCUT2D eigenvalue weighted by Crippen LogP contribution is -2.14. The molecule has 0 fully saturated rings. The van der Waals surface area contributed by atoms with Gasteiger partial charge in [-0.3, -0.25) is 9.36 Å². The number of aromatic nitrogens is 2. The van der Waals surface area contributed by atoms with Gasteiger partial charge in [0.25, 0.3) is 0 Å². The molecule has 2 aromatic carbocycles. The summed E-state index contributed by atoms with van der Waals surface area (Å²) in [5, 5.41) is 12.6. The van der Waals surface area contributed by atoms with Crippen molar-refractivity contribution >= 4 is 39.5 Å². The number of nitrogens with zero attached hydrogens (tertiary/aromatic N) is 3. The van der Waals surface area contributed by atoms with E-state index in [0.717, 1.165) is 51.8 Å². The maximum absolute atomic E-state index is 13.2. The second kappa shape index (κ2) is 8.20. The Hall–Kier alpha value is -3.10. The van der Waals surface area contributed by atoms with Crippen LogP contribution in [0.15, 0.2) is 59.6 Å². The number of hydrogen-bond acceptors (Lipinski definition) is 4. The largest absolute Gasteiger partial charge is 0.280 e. The Bertz CT molecular complexity index is 1300. The summed E-state index contributed by atoms with van der Waals surface area (Å²) in [7, 11) is 0. The maximum atomic E-state index is 13.2. The lowest BCUT2D eigenvalue weighted by Gasteiger charge is -2.21. The molecule has 0 saturated carbocycles. The first-order valence-electron chi connectivity index (χ1n) is 10.7. The second-order valence-corrected chi connectivity index (χ2v) is 9.35. The van der Waals surface area contributed by atoms with E-state index in [9.17, 15) is 10.1 Å². The van der Waals surface area contributed by atoms with Crippen LogP contribution in [0.25, 0.3) is 21.8 Å². The number of pyridine rings is 1. The summed E-state index contributed by atoms with van der Waals surface area (Å²) in [6, 6.07) is 20.4. The fraction of sp³-hybridized carbons (Fsp3) is 0.269. The average molecular weight is 426 g/mol. The summed E-state index contributed by atoms with van der Waals surface area (Å²) in [6.45, 7) is 2.25. The Morgan fingerprint density at radius 3 is 2.52 bits per heavy atom. The third kappa shape index (κ3) is 3.62. The molecule has 0 saturated heterocycles. The molecular formula is C26H23N3OS. The van der Waals surface area contributed by atoms with Gasteiger partial charge in [-0.25, -0.2) is 4.98 Å². The summed E-state index contributed by atoms with van der Waals surface area (Å²) in [4.78, 5) is 18.0. The first kappa shape index (κ1) is 19.8. The van der Waals surface area contributed by atoms with Crippen LogP contribution < -0.4 is 0 Å². The molecule has 0 bridgehead atoms. The Morgan fingerprint density at radius 1 is 1.16 bits per heavy atom. The van der Waals surface area contributed by atoms with Gasteiger partial charge >= 0.3 is 0 Å². The molecular weight excluding hydrogens is 402 g/mol. The van der Waals surface area contributed by atoms with E-state index in [2.05, 4.69) is 25.1 Å². The molecule has 4 nitrogen and oxygen atoms in total. The number of fused-ring (bicyclic) bond motifs is 4. The standard InChI is InChI=1S/C26H23N3OS/c1-17-10-11-22-18(14-17)15-19(16-27)26(28-22)31-13-12-25(30)29-23-8-4-2-6-20(23)21-7-3-5-9-24(21)29/h2-9,15,17H,10-14H2,1H3. The van der Waals surface area contributed by atoms with Crippen LogP contribution in [0, 0.1) is 17.2 Å². The van der Waals surface area contributed by atoms with E-state index in [0.29, 0.717) is 23.7 Å². The van der Waals surface area contributed by atoms with Gasteiger partial charge in [-0.15, -0.1) is 11.8 Å². The topological polar surface area (TPSA) is 58.7 Å². The molecule has 2 aromatic heterocycles. The summed E-state index contributed by atoms with van der Waals surface area (Å²) in [5.41, 5.74) is 4.84. The van der Waals surface area contributed by atoms with Crippen molar-refractivity contribution in [2.24, 2.45) is 5.92 Å². The number of carbonyl (C=O) groups is 1. The van der Waals surface area contributed by atoms with Crippen LogP contribution in [-0.2, 0) is 12.8 Å². The molecule has 0 N–H and O–H groups in total. The summed E-state index contributed by atoms with van der Waals surface area (Å²) < 4.78 is 1.83. The lowest BCUT2D eigenvalue weighted by molar-refractivity contribution is 0.0920. The van der Waals surface area contributed by atoms with Crippen LogP contribution >= 0.6 is 11.8 Å². The van der Waals surface area contributed by atoms with E-state index in [-0.39, 0.29) is 5.91 Å². The Balaban J connectivity index is 1.38. The molecule has 2 heterocycles. The normalized spacial score (nSPS) is 15.7. The second-order valence-electron chi connectivity index (χ2n) is 8.27. The Kier molecular flexibility index (Phi) is 5.25. The third-order valence-corrected chi connectivity index (χ3v) is 7.10. The number of carbonyl (C=O) groups excluding carboxylic acids is 1. The van der Waals surface area contributed by atoms with Crippen LogP contribution in [0.5, 0.6) is 0 Å². The minimum atomic E-state index is 0.0650. The number of rotatable bonds is 4. The quantitative estimate of drug-likeness (QED) is 0.376. The molecule has 0 spiro atoms. The number of aryl methyl sites for hydroxylation is 1. The predicted molar refractivity (Wildman–Crippen MR) is 126 cm³/mol. The van der Waals surface area contributed by atoms with Crippen LogP contribution in [0.1, 0.15) is 41.4 Å². The van der Waals surface area contributed by atoms with Gasteiger partial charge in [0, 0.05) is 28.6 Å². The van der Waals surface area contributed by atoms with Crippen molar-refractivity contribution < 1.29 is 4.79 Å². The SMILES string of the molecule is CC1CCc2nc(SCCC(=O)n3c4ccccc4c4ccccc43)c(C#N)cc2C1. The minimum Gasteiger partial charge on any atom is -0.280 e. The first-order chi connectivity index (χ1) is 15.2. The lowest BCUT2D eigenvalue weighted by atomic mass is 9.87. The van der Waals surface area contributed by atoms with Crippen LogP contribution in [0.2, 0.25) is 0 Å². The smallest absolute Gasteiger partial charge is 0.232 e. The molecule has 1 aliphatic rings. The highest BCUT2D eigenvalue weighted by Crippen LogP contribution is 2.31.